The molecule has 1 heterocycles. The highest BCUT2D eigenvalue weighted by Gasteiger charge is 2.20. The fourth-order valence-corrected chi connectivity index (χ4v) is 2.97. The van der Waals surface area contributed by atoms with Crippen molar-refractivity contribution in [1.29, 1.82) is 0 Å². The highest BCUT2D eigenvalue weighted by Crippen LogP contribution is 2.26. The highest BCUT2D eigenvalue weighted by molar-refractivity contribution is 7.92. The maximum Gasteiger partial charge on any atom is 0.266 e. The van der Waals surface area contributed by atoms with E-state index in [-0.39, 0.29) is 21.6 Å². The summed E-state index contributed by atoms with van der Waals surface area (Å²) in [6, 6.07) is 4.86. The van der Waals surface area contributed by atoms with Crippen molar-refractivity contribution in [3.8, 4) is 5.75 Å². The van der Waals surface area contributed by atoms with Crippen molar-refractivity contribution in [3.05, 3.63) is 41.3 Å². The predicted molar refractivity (Wildman–Crippen MR) is 75.6 cm³/mol. The van der Waals surface area contributed by atoms with Crippen LogP contribution in [0.3, 0.4) is 0 Å². The van der Waals surface area contributed by atoms with Crippen LogP contribution in [0.5, 0.6) is 5.75 Å². The molecule has 0 aliphatic heterocycles. The van der Waals surface area contributed by atoms with Crippen LogP contribution in [0.25, 0.3) is 0 Å². The fraction of sp³-hybridized carbons (Fsp3) is 0.167. The normalized spacial score (nSPS) is 11.2. The summed E-state index contributed by atoms with van der Waals surface area (Å²) in [5.41, 5.74) is 0.795. The second-order valence-electron chi connectivity index (χ2n) is 3.99. The lowest BCUT2D eigenvalue weighted by Crippen LogP contribution is -2.15. The van der Waals surface area contributed by atoms with Gasteiger partial charge in [-0.25, -0.2) is 13.4 Å². The maximum atomic E-state index is 12.3. The van der Waals surface area contributed by atoms with Crippen molar-refractivity contribution < 1.29 is 13.2 Å². The summed E-state index contributed by atoms with van der Waals surface area (Å²) in [5.74, 6) is 0.291. The minimum Gasteiger partial charge on any atom is -0.495 e. The van der Waals surface area contributed by atoms with Gasteiger partial charge >= 0.3 is 0 Å². The SMILES string of the molecule is COc1ccc(C)cc1S(=O)(=O)Nc1cncc(Cl)n1. The van der Waals surface area contributed by atoms with Crippen LogP contribution in [0.2, 0.25) is 5.15 Å². The zero-order valence-electron chi connectivity index (χ0n) is 10.8. The molecule has 1 N–H and O–H groups in total. The molecule has 0 fully saturated rings. The van der Waals surface area contributed by atoms with E-state index in [0.717, 1.165) is 5.56 Å². The molecule has 0 amide bonds. The Kier molecular flexibility index (Phi) is 4.10. The van der Waals surface area contributed by atoms with Gasteiger partial charge in [0.25, 0.3) is 10.0 Å². The van der Waals surface area contributed by atoms with E-state index in [1.165, 1.54) is 25.6 Å². The van der Waals surface area contributed by atoms with Gasteiger partial charge in [0.2, 0.25) is 0 Å². The molecule has 0 unspecified atom stereocenters. The maximum absolute atomic E-state index is 12.3. The van der Waals surface area contributed by atoms with Gasteiger partial charge in [-0.05, 0) is 24.6 Å². The molecule has 0 atom stereocenters. The van der Waals surface area contributed by atoms with Crippen molar-refractivity contribution in [2.45, 2.75) is 11.8 Å². The Hall–Kier alpha value is -1.86. The number of anilines is 1. The molecule has 8 heteroatoms. The van der Waals surface area contributed by atoms with E-state index in [1.807, 2.05) is 0 Å². The van der Waals surface area contributed by atoms with Crippen molar-refractivity contribution >= 4 is 27.4 Å². The first kappa shape index (κ1) is 14.5. The summed E-state index contributed by atoms with van der Waals surface area (Å²) in [6.45, 7) is 1.79. The number of methoxy groups -OCH3 is 1. The Balaban J connectivity index is 2.43. The third-order valence-corrected chi connectivity index (χ3v) is 4.01. The van der Waals surface area contributed by atoms with Gasteiger partial charge in [0.05, 0.1) is 19.5 Å². The third-order valence-electron chi connectivity index (χ3n) is 2.45. The molecule has 2 rings (SSSR count). The van der Waals surface area contributed by atoms with Crippen LogP contribution in [-0.2, 0) is 10.0 Å². The Labute approximate surface area is 121 Å². The largest absolute Gasteiger partial charge is 0.495 e. The number of nitrogens with one attached hydrogen (secondary N) is 1. The van der Waals surface area contributed by atoms with Gasteiger partial charge in [-0.3, -0.25) is 9.71 Å². The van der Waals surface area contributed by atoms with Gasteiger partial charge in [-0.2, -0.15) is 0 Å². The average molecular weight is 314 g/mol. The summed E-state index contributed by atoms with van der Waals surface area (Å²) >= 11 is 5.67. The van der Waals surface area contributed by atoms with Crippen molar-refractivity contribution in [1.82, 2.24) is 9.97 Å². The van der Waals surface area contributed by atoms with Gasteiger partial charge in [0.1, 0.15) is 15.8 Å². The first-order chi connectivity index (χ1) is 9.42. The highest BCUT2D eigenvalue weighted by atomic mass is 35.5. The third kappa shape index (κ3) is 3.17. The Morgan fingerprint density at radius 2 is 2.05 bits per heavy atom. The molecule has 0 bridgehead atoms. The topological polar surface area (TPSA) is 81.2 Å². The standard InChI is InChI=1S/C12H12ClN3O3S/c1-8-3-4-9(19-2)10(5-8)20(17,18)16-12-7-14-6-11(13)15-12/h3-7H,1-2H3,(H,15,16). The van der Waals surface area contributed by atoms with E-state index >= 15 is 0 Å². The second kappa shape index (κ2) is 5.64. The summed E-state index contributed by atoms with van der Waals surface area (Å²) < 4.78 is 32.1. The van der Waals surface area contributed by atoms with Crippen LogP contribution in [0.1, 0.15) is 5.56 Å². The van der Waals surface area contributed by atoms with Crippen LogP contribution in [-0.4, -0.2) is 25.5 Å². The fourth-order valence-electron chi connectivity index (χ4n) is 1.58. The smallest absolute Gasteiger partial charge is 0.266 e. The van der Waals surface area contributed by atoms with Crippen molar-refractivity contribution in [3.63, 3.8) is 0 Å². The lowest BCUT2D eigenvalue weighted by Gasteiger charge is -2.11. The van der Waals surface area contributed by atoms with Crippen LogP contribution >= 0.6 is 11.6 Å². The van der Waals surface area contributed by atoms with Gasteiger partial charge in [-0.1, -0.05) is 17.7 Å². The molecule has 0 aliphatic carbocycles. The molecule has 2 aromatic rings. The predicted octanol–water partition coefficient (Wildman–Crippen LogP) is 2.25. The van der Waals surface area contributed by atoms with Crippen LogP contribution in [0, 0.1) is 6.92 Å². The molecule has 20 heavy (non-hydrogen) atoms. The summed E-state index contributed by atoms with van der Waals surface area (Å²) in [7, 11) is -2.43. The molecule has 6 nitrogen and oxygen atoms in total. The summed E-state index contributed by atoms with van der Waals surface area (Å²) in [4.78, 5) is 7.63. The quantitative estimate of drug-likeness (QED) is 0.936. The zero-order chi connectivity index (χ0) is 14.8. The second-order valence-corrected chi connectivity index (χ2v) is 6.02. The molecule has 0 saturated heterocycles. The van der Waals surface area contributed by atoms with E-state index in [0.29, 0.717) is 0 Å². The number of hydrogen-bond acceptors (Lipinski definition) is 5. The molecule has 0 aliphatic rings. The van der Waals surface area contributed by atoms with E-state index in [2.05, 4.69) is 14.7 Å². The summed E-state index contributed by atoms with van der Waals surface area (Å²) in [5, 5.41) is 0.0985. The van der Waals surface area contributed by atoms with Gasteiger partial charge in [0, 0.05) is 0 Å². The number of hydrogen-bond donors (Lipinski definition) is 1. The van der Waals surface area contributed by atoms with Gasteiger partial charge in [0.15, 0.2) is 5.82 Å². The van der Waals surface area contributed by atoms with Crippen LogP contribution in [0.15, 0.2) is 35.5 Å². The van der Waals surface area contributed by atoms with Crippen molar-refractivity contribution in [2.24, 2.45) is 0 Å². The number of aromatic nitrogens is 2. The Bertz CT molecular complexity index is 734. The minimum absolute atomic E-state index is 0.0294. The van der Waals surface area contributed by atoms with Gasteiger partial charge < -0.3 is 4.74 Å². The molecule has 0 spiro atoms. The lowest BCUT2D eigenvalue weighted by molar-refractivity contribution is 0.402. The molecule has 1 aromatic heterocycles. The number of nitrogens with zero attached hydrogens (tertiary/aromatic N) is 2. The number of aryl methyl sites for hydroxylation is 1. The Morgan fingerprint density at radius 1 is 1.30 bits per heavy atom. The van der Waals surface area contributed by atoms with Crippen molar-refractivity contribution in [2.75, 3.05) is 11.8 Å². The van der Waals surface area contributed by atoms with Gasteiger partial charge in [-0.15, -0.1) is 0 Å². The molecular formula is C12H12ClN3O3S. The molecule has 0 radical (unpaired) electrons. The van der Waals surface area contributed by atoms with E-state index in [4.69, 9.17) is 16.3 Å². The van der Waals surface area contributed by atoms with E-state index < -0.39 is 10.0 Å². The molecule has 1 aromatic carbocycles. The molecule has 106 valence electrons. The minimum atomic E-state index is -3.83. The van der Waals surface area contributed by atoms with Crippen LogP contribution < -0.4 is 9.46 Å². The molecule has 0 saturated carbocycles. The average Bonchev–Trinajstić information content (AvgIpc) is 2.38. The number of sulfonamides is 1. The lowest BCUT2D eigenvalue weighted by atomic mass is 10.2. The number of rotatable bonds is 4. The first-order valence-electron chi connectivity index (χ1n) is 5.57. The number of ether oxygens (including phenoxy) is 1. The van der Waals surface area contributed by atoms with E-state index in [1.54, 1.807) is 19.1 Å². The van der Waals surface area contributed by atoms with E-state index in [9.17, 15) is 8.42 Å². The monoisotopic (exact) mass is 313 g/mol. The number of halogens is 1. The first-order valence-corrected chi connectivity index (χ1v) is 7.43. The van der Waals surface area contributed by atoms with Crippen LogP contribution in [0.4, 0.5) is 5.82 Å². The molecular weight excluding hydrogens is 302 g/mol. The Morgan fingerprint density at radius 3 is 2.70 bits per heavy atom. The summed E-state index contributed by atoms with van der Waals surface area (Å²) in [6.07, 6.45) is 2.58. The number of benzene rings is 1. The zero-order valence-corrected chi connectivity index (χ0v) is 12.4.